The van der Waals surface area contributed by atoms with E-state index in [1.165, 1.54) is 0 Å². The molecule has 0 heterocycles. The van der Waals surface area contributed by atoms with Gasteiger partial charge in [0.15, 0.2) is 5.78 Å². The van der Waals surface area contributed by atoms with Gasteiger partial charge in [-0.15, -0.1) is 0 Å². The summed E-state index contributed by atoms with van der Waals surface area (Å²) in [4.78, 5) is 12.6. The molecule has 104 valence electrons. The van der Waals surface area contributed by atoms with E-state index in [9.17, 15) is 4.79 Å². The van der Waals surface area contributed by atoms with E-state index in [2.05, 4.69) is 17.6 Å². The summed E-state index contributed by atoms with van der Waals surface area (Å²) >= 11 is 0. The van der Waals surface area contributed by atoms with Gasteiger partial charge in [-0.1, -0.05) is 30.3 Å². The monoisotopic (exact) mass is 268 g/mol. The molecule has 0 atom stereocenters. The molecule has 0 spiro atoms. The molecule has 0 aliphatic carbocycles. The van der Waals surface area contributed by atoms with Gasteiger partial charge in [-0.05, 0) is 32.0 Å². The van der Waals surface area contributed by atoms with E-state index in [0.29, 0.717) is 11.1 Å². The second-order valence-corrected chi connectivity index (χ2v) is 4.52. The highest BCUT2D eigenvalue weighted by molar-refractivity contribution is 6.12. The van der Waals surface area contributed by atoms with Crippen molar-refractivity contribution in [2.75, 3.05) is 23.7 Å². The van der Waals surface area contributed by atoms with Crippen LogP contribution >= 0.6 is 0 Å². The molecule has 2 aromatic carbocycles. The van der Waals surface area contributed by atoms with Gasteiger partial charge in [-0.25, -0.2) is 0 Å². The second-order valence-electron chi connectivity index (χ2n) is 4.52. The average molecular weight is 268 g/mol. The Hall–Kier alpha value is -2.29. The molecule has 20 heavy (non-hydrogen) atoms. The van der Waals surface area contributed by atoms with Gasteiger partial charge < -0.3 is 10.6 Å². The normalized spacial score (nSPS) is 10.1. The average Bonchev–Trinajstić information content (AvgIpc) is 2.48. The summed E-state index contributed by atoms with van der Waals surface area (Å²) in [6, 6.07) is 15.2. The molecular formula is C17H20N2O. The smallest absolute Gasteiger partial charge is 0.195 e. The molecule has 0 saturated carbocycles. The number of carbonyl (C=O) groups is 1. The number of anilines is 2. The first-order valence-corrected chi connectivity index (χ1v) is 6.97. The summed E-state index contributed by atoms with van der Waals surface area (Å²) in [6.07, 6.45) is 0. The summed E-state index contributed by atoms with van der Waals surface area (Å²) < 4.78 is 0. The van der Waals surface area contributed by atoms with E-state index < -0.39 is 0 Å². The van der Waals surface area contributed by atoms with Crippen molar-refractivity contribution in [2.24, 2.45) is 0 Å². The Labute approximate surface area is 120 Å². The first kappa shape index (κ1) is 14.1. The maximum absolute atomic E-state index is 12.6. The fourth-order valence-electron chi connectivity index (χ4n) is 2.14. The van der Waals surface area contributed by atoms with Crippen molar-refractivity contribution in [3.05, 3.63) is 59.7 Å². The lowest BCUT2D eigenvalue weighted by atomic mass is 10.0. The van der Waals surface area contributed by atoms with E-state index in [1.807, 2.05) is 55.5 Å². The van der Waals surface area contributed by atoms with Crippen LogP contribution in [0.2, 0.25) is 0 Å². The summed E-state index contributed by atoms with van der Waals surface area (Å²) in [6.45, 7) is 5.72. The van der Waals surface area contributed by atoms with E-state index in [1.54, 1.807) is 0 Å². The molecule has 0 fully saturated rings. The number of nitrogens with one attached hydrogen (secondary N) is 2. The Kier molecular flexibility index (Phi) is 4.77. The molecule has 0 bridgehead atoms. The lowest BCUT2D eigenvalue weighted by molar-refractivity contribution is 0.103. The minimum absolute atomic E-state index is 0.0459. The summed E-state index contributed by atoms with van der Waals surface area (Å²) in [5, 5.41) is 6.53. The summed E-state index contributed by atoms with van der Waals surface area (Å²) in [5.41, 5.74) is 3.32. The van der Waals surface area contributed by atoms with Crippen molar-refractivity contribution in [3.63, 3.8) is 0 Å². The molecule has 0 unspecified atom stereocenters. The maximum Gasteiger partial charge on any atom is 0.195 e. The van der Waals surface area contributed by atoms with Crippen molar-refractivity contribution in [1.82, 2.24) is 0 Å². The number of hydrogen-bond acceptors (Lipinski definition) is 3. The highest BCUT2D eigenvalue weighted by Gasteiger charge is 2.13. The van der Waals surface area contributed by atoms with Crippen LogP contribution in [0.4, 0.5) is 11.4 Å². The predicted octanol–water partition coefficient (Wildman–Crippen LogP) is 3.78. The van der Waals surface area contributed by atoms with Crippen molar-refractivity contribution in [1.29, 1.82) is 0 Å². The lowest BCUT2D eigenvalue weighted by Crippen LogP contribution is -2.08. The third-order valence-electron chi connectivity index (χ3n) is 3.05. The van der Waals surface area contributed by atoms with Crippen LogP contribution in [0, 0.1) is 0 Å². The van der Waals surface area contributed by atoms with Crippen LogP contribution in [0.15, 0.2) is 48.5 Å². The largest absolute Gasteiger partial charge is 0.385 e. The number of benzene rings is 2. The van der Waals surface area contributed by atoms with Gasteiger partial charge in [0.05, 0.1) is 0 Å². The molecular weight excluding hydrogens is 248 g/mol. The Bertz CT molecular complexity index is 579. The van der Waals surface area contributed by atoms with E-state index in [-0.39, 0.29) is 5.78 Å². The number of hydrogen-bond donors (Lipinski definition) is 2. The molecule has 3 heteroatoms. The van der Waals surface area contributed by atoms with Crippen LogP contribution in [-0.2, 0) is 0 Å². The van der Waals surface area contributed by atoms with Crippen LogP contribution in [0.5, 0.6) is 0 Å². The van der Waals surface area contributed by atoms with Gasteiger partial charge in [-0.3, -0.25) is 4.79 Å². The number of ketones is 1. The molecule has 0 aliphatic rings. The molecule has 2 N–H and O–H groups in total. The van der Waals surface area contributed by atoms with Gasteiger partial charge in [-0.2, -0.15) is 0 Å². The first-order valence-electron chi connectivity index (χ1n) is 6.97. The minimum atomic E-state index is 0.0459. The Morgan fingerprint density at radius 2 is 1.65 bits per heavy atom. The second kappa shape index (κ2) is 6.75. The van der Waals surface area contributed by atoms with Crippen molar-refractivity contribution in [3.8, 4) is 0 Å². The third-order valence-corrected chi connectivity index (χ3v) is 3.05. The predicted molar refractivity (Wildman–Crippen MR) is 84.6 cm³/mol. The van der Waals surface area contributed by atoms with Crippen molar-refractivity contribution >= 4 is 17.2 Å². The van der Waals surface area contributed by atoms with Gasteiger partial charge in [0.2, 0.25) is 0 Å². The fraction of sp³-hybridized carbons (Fsp3) is 0.235. The van der Waals surface area contributed by atoms with Crippen LogP contribution in [0.3, 0.4) is 0 Å². The highest BCUT2D eigenvalue weighted by Crippen LogP contribution is 2.23. The maximum atomic E-state index is 12.6. The Balaban J connectivity index is 2.37. The van der Waals surface area contributed by atoms with Crippen LogP contribution in [0.1, 0.15) is 29.8 Å². The highest BCUT2D eigenvalue weighted by atomic mass is 16.1. The Morgan fingerprint density at radius 1 is 0.950 bits per heavy atom. The van der Waals surface area contributed by atoms with Crippen LogP contribution in [-0.4, -0.2) is 18.9 Å². The van der Waals surface area contributed by atoms with E-state index in [4.69, 9.17) is 0 Å². The zero-order chi connectivity index (χ0) is 14.4. The Morgan fingerprint density at radius 3 is 2.30 bits per heavy atom. The number of rotatable bonds is 6. The third kappa shape index (κ3) is 3.18. The first-order chi connectivity index (χ1) is 9.76. The molecule has 3 nitrogen and oxygen atoms in total. The summed E-state index contributed by atoms with van der Waals surface area (Å²) in [7, 11) is 0. The molecule has 0 radical (unpaired) electrons. The van der Waals surface area contributed by atoms with Crippen molar-refractivity contribution < 1.29 is 4.79 Å². The number of carbonyl (C=O) groups excluding carboxylic acids is 1. The minimum Gasteiger partial charge on any atom is -0.385 e. The standard InChI is InChI=1S/C17H20N2O/c1-3-18-14-10-11-15(16(12-14)19-4-2)17(20)13-8-6-5-7-9-13/h5-12,18-19H,3-4H2,1-2H3. The van der Waals surface area contributed by atoms with E-state index >= 15 is 0 Å². The zero-order valence-corrected chi connectivity index (χ0v) is 11.9. The molecule has 0 aromatic heterocycles. The van der Waals surface area contributed by atoms with Crippen molar-refractivity contribution in [2.45, 2.75) is 13.8 Å². The van der Waals surface area contributed by atoms with Gasteiger partial charge in [0.1, 0.15) is 0 Å². The van der Waals surface area contributed by atoms with Crippen LogP contribution < -0.4 is 10.6 Å². The SMILES string of the molecule is CCNc1ccc(C(=O)c2ccccc2)c(NCC)c1. The van der Waals surface area contributed by atoms with E-state index in [0.717, 1.165) is 24.5 Å². The fourth-order valence-corrected chi connectivity index (χ4v) is 2.14. The molecule has 0 saturated heterocycles. The molecule has 2 aromatic rings. The molecule has 0 amide bonds. The topological polar surface area (TPSA) is 41.1 Å². The molecule has 0 aliphatic heterocycles. The summed E-state index contributed by atoms with van der Waals surface area (Å²) in [5.74, 6) is 0.0459. The zero-order valence-electron chi connectivity index (χ0n) is 11.9. The van der Waals surface area contributed by atoms with Gasteiger partial charge in [0, 0.05) is 35.6 Å². The van der Waals surface area contributed by atoms with Crippen LogP contribution in [0.25, 0.3) is 0 Å². The quantitative estimate of drug-likeness (QED) is 0.783. The molecule has 2 rings (SSSR count). The van der Waals surface area contributed by atoms with Gasteiger partial charge >= 0.3 is 0 Å². The van der Waals surface area contributed by atoms with Gasteiger partial charge in [0.25, 0.3) is 0 Å². The lowest BCUT2D eigenvalue weighted by Gasteiger charge is -2.13.